The van der Waals surface area contributed by atoms with Crippen molar-refractivity contribution < 1.29 is 4.74 Å². The van der Waals surface area contributed by atoms with Gasteiger partial charge in [0.15, 0.2) is 0 Å². The van der Waals surface area contributed by atoms with Gasteiger partial charge in [-0.15, -0.1) is 0 Å². The van der Waals surface area contributed by atoms with Crippen LogP contribution in [-0.4, -0.2) is 13.2 Å². The van der Waals surface area contributed by atoms with Crippen LogP contribution in [-0.2, 0) is 17.9 Å². The highest BCUT2D eigenvalue weighted by Gasteiger charge is 2.31. The summed E-state index contributed by atoms with van der Waals surface area (Å²) >= 11 is 0. The topological polar surface area (TPSA) is 21.3 Å². The maximum absolute atomic E-state index is 5.13. The zero-order valence-electron chi connectivity index (χ0n) is 12.5. The number of nitrogens with one attached hydrogen (secondary N) is 1. The van der Waals surface area contributed by atoms with Crippen LogP contribution in [0.25, 0.3) is 0 Å². The van der Waals surface area contributed by atoms with Crippen molar-refractivity contribution in [3.63, 3.8) is 0 Å². The summed E-state index contributed by atoms with van der Waals surface area (Å²) in [5.74, 6) is 0. The highest BCUT2D eigenvalue weighted by Crippen LogP contribution is 2.35. The SMILES string of the molecule is COCc1ccc(CNC2CCCCC2(C)C)cc1. The van der Waals surface area contributed by atoms with Crippen molar-refractivity contribution in [1.82, 2.24) is 5.32 Å². The van der Waals surface area contributed by atoms with Crippen LogP contribution in [0.5, 0.6) is 0 Å². The average Bonchev–Trinajstić information content (AvgIpc) is 2.39. The Labute approximate surface area is 117 Å². The number of methoxy groups -OCH3 is 1. The second kappa shape index (κ2) is 6.53. The number of rotatable bonds is 5. The van der Waals surface area contributed by atoms with E-state index in [4.69, 9.17) is 4.74 Å². The molecule has 2 heteroatoms. The smallest absolute Gasteiger partial charge is 0.0713 e. The molecule has 0 spiro atoms. The van der Waals surface area contributed by atoms with E-state index in [1.54, 1.807) is 7.11 Å². The molecule has 1 aromatic rings. The first-order chi connectivity index (χ1) is 9.12. The molecule has 0 bridgehead atoms. The molecular formula is C17H27NO. The molecule has 106 valence electrons. The van der Waals surface area contributed by atoms with Crippen LogP contribution < -0.4 is 5.32 Å². The minimum Gasteiger partial charge on any atom is -0.380 e. The Bertz CT molecular complexity index is 383. The number of hydrogen-bond donors (Lipinski definition) is 1. The van der Waals surface area contributed by atoms with Gasteiger partial charge >= 0.3 is 0 Å². The zero-order chi connectivity index (χ0) is 13.7. The van der Waals surface area contributed by atoms with Gasteiger partial charge < -0.3 is 10.1 Å². The molecule has 2 rings (SSSR count). The van der Waals surface area contributed by atoms with Crippen molar-refractivity contribution in [2.45, 2.75) is 58.7 Å². The fourth-order valence-corrected chi connectivity index (χ4v) is 3.03. The fraction of sp³-hybridized carbons (Fsp3) is 0.647. The fourth-order valence-electron chi connectivity index (χ4n) is 3.03. The van der Waals surface area contributed by atoms with Gasteiger partial charge in [0.1, 0.15) is 0 Å². The standard InChI is InChI=1S/C17H27NO/c1-17(2)11-5-4-6-16(17)18-12-14-7-9-15(10-8-14)13-19-3/h7-10,16,18H,4-6,11-13H2,1-3H3. The van der Waals surface area contributed by atoms with Gasteiger partial charge in [-0.3, -0.25) is 0 Å². The van der Waals surface area contributed by atoms with E-state index in [9.17, 15) is 0 Å². The van der Waals surface area contributed by atoms with Crippen LogP contribution in [0.1, 0.15) is 50.7 Å². The van der Waals surface area contributed by atoms with Crippen molar-refractivity contribution in [2.24, 2.45) is 5.41 Å². The summed E-state index contributed by atoms with van der Waals surface area (Å²) < 4.78 is 5.13. The van der Waals surface area contributed by atoms with Gasteiger partial charge in [0.25, 0.3) is 0 Å². The summed E-state index contributed by atoms with van der Waals surface area (Å²) in [6.45, 7) is 6.46. The third kappa shape index (κ3) is 4.05. The van der Waals surface area contributed by atoms with Gasteiger partial charge in [0.2, 0.25) is 0 Å². The van der Waals surface area contributed by atoms with Gasteiger partial charge in [-0.1, -0.05) is 51.0 Å². The molecule has 1 atom stereocenters. The Morgan fingerprint density at radius 2 is 1.84 bits per heavy atom. The Hall–Kier alpha value is -0.860. The Kier molecular flexibility index (Phi) is 5.00. The second-order valence-corrected chi connectivity index (χ2v) is 6.42. The van der Waals surface area contributed by atoms with Gasteiger partial charge in [-0.05, 0) is 29.4 Å². The summed E-state index contributed by atoms with van der Waals surface area (Å²) in [5, 5.41) is 3.75. The predicted octanol–water partition coefficient (Wildman–Crippen LogP) is 3.89. The van der Waals surface area contributed by atoms with Gasteiger partial charge in [0.05, 0.1) is 6.61 Å². The highest BCUT2D eigenvalue weighted by atomic mass is 16.5. The minimum absolute atomic E-state index is 0.439. The normalized spacial score (nSPS) is 22.4. The van der Waals surface area contributed by atoms with Crippen LogP contribution in [0.4, 0.5) is 0 Å². The summed E-state index contributed by atoms with van der Waals surface area (Å²) in [4.78, 5) is 0. The minimum atomic E-state index is 0.439. The molecule has 1 unspecified atom stereocenters. The maximum Gasteiger partial charge on any atom is 0.0713 e. The first-order valence-corrected chi connectivity index (χ1v) is 7.42. The van der Waals surface area contributed by atoms with Crippen molar-refractivity contribution in [3.8, 4) is 0 Å². The molecule has 1 N–H and O–H groups in total. The van der Waals surface area contributed by atoms with Crippen molar-refractivity contribution in [3.05, 3.63) is 35.4 Å². The summed E-state index contributed by atoms with van der Waals surface area (Å²) in [6, 6.07) is 9.38. The lowest BCUT2D eigenvalue weighted by Crippen LogP contribution is -2.43. The molecule has 1 fully saturated rings. The van der Waals surface area contributed by atoms with Crippen molar-refractivity contribution >= 4 is 0 Å². The average molecular weight is 261 g/mol. The molecule has 0 heterocycles. The largest absolute Gasteiger partial charge is 0.380 e. The maximum atomic E-state index is 5.13. The molecule has 1 aliphatic rings. The zero-order valence-corrected chi connectivity index (χ0v) is 12.5. The van der Waals surface area contributed by atoms with E-state index in [-0.39, 0.29) is 0 Å². The summed E-state index contributed by atoms with van der Waals surface area (Å²) in [7, 11) is 1.74. The van der Waals surface area contributed by atoms with Crippen LogP contribution in [0.3, 0.4) is 0 Å². The molecule has 0 aromatic heterocycles. The quantitative estimate of drug-likeness (QED) is 0.868. The molecule has 1 aliphatic carbocycles. The molecule has 0 amide bonds. The molecule has 1 aromatic carbocycles. The molecule has 0 saturated heterocycles. The molecule has 2 nitrogen and oxygen atoms in total. The monoisotopic (exact) mass is 261 g/mol. The lowest BCUT2D eigenvalue weighted by molar-refractivity contribution is 0.166. The van der Waals surface area contributed by atoms with Gasteiger partial charge in [-0.2, -0.15) is 0 Å². The summed E-state index contributed by atoms with van der Waals surface area (Å²) in [5.41, 5.74) is 3.04. The number of ether oxygens (including phenoxy) is 1. The van der Waals surface area contributed by atoms with E-state index < -0.39 is 0 Å². The van der Waals surface area contributed by atoms with Crippen molar-refractivity contribution in [2.75, 3.05) is 7.11 Å². The van der Waals surface area contributed by atoms with E-state index in [1.165, 1.54) is 36.8 Å². The molecule has 19 heavy (non-hydrogen) atoms. The van der Waals surface area contributed by atoms with Crippen LogP contribution in [0.15, 0.2) is 24.3 Å². The van der Waals surface area contributed by atoms with Crippen LogP contribution in [0.2, 0.25) is 0 Å². The Morgan fingerprint density at radius 3 is 2.47 bits per heavy atom. The lowest BCUT2D eigenvalue weighted by atomic mass is 9.73. The molecule has 0 aliphatic heterocycles. The second-order valence-electron chi connectivity index (χ2n) is 6.42. The Morgan fingerprint density at radius 1 is 1.16 bits per heavy atom. The molecule has 0 radical (unpaired) electrons. The van der Waals surface area contributed by atoms with E-state index in [1.807, 2.05) is 0 Å². The first kappa shape index (κ1) is 14.5. The highest BCUT2D eigenvalue weighted by molar-refractivity contribution is 5.22. The Balaban J connectivity index is 1.87. The molecular weight excluding hydrogens is 234 g/mol. The lowest BCUT2D eigenvalue weighted by Gasteiger charge is -2.39. The predicted molar refractivity (Wildman–Crippen MR) is 80.0 cm³/mol. The first-order valence-electron chi connectivity index (χ1n) is 7.42. The van der Waals surface area contributed by atoms with E-state index in [0.29, 0.717) is 18.1 Å². The van der Waals surface area contributed by atoms with E-state index in [0.717, 1.165) is 6.54 Å². The third-order valence-electron chi connectivity index (χ3n) is 4.39. The van der Waals surface area contributed by atoms with Crippen LogP contribution in [0, 0.1) is 5.41 Å². The van der Waals surface area contributed by atoms with Gasteiger partial charge in [-0.25, -0.2) is 0 Å². The van der Waals surface area contributed by atoms with Gasteiger partial charge in [0, 0.05) is 19.7 Å². The number of hydrogen-bond acceptors (Lipinski definition) is 2. The van der Waals surface area contributed by atoms with E-state index >= 15 is 0 Å². The number of benzene rings is 1. The summed E-state index contributed by atoms with van der Waals surface area (Å²) in [6.07, 6.45) is 5.41. The third-order valence-corrected chi connectivity index (χ3v) is 4.39. The van der Waals surface area contributed by atoms with Crippen molar-refractivity contribution in [1.29, 1.82) is 0 Å². The van der Waals surface area contributed by atoms with Crippen LogP contribution >= 0.6 is 0 Å². The van der Waals surface area contributed by atoms with E-state index in [2.05, 4.69) is 43.4 Å². The molecule has 1 saturated carbocycles.